The van der Waals surface area contributed by atoms with Gasteiger partial charge in [0, 0.05) is 44.2 Å². The van der Waals surface area contributed by atoms with Crippen molar-refractivity contribution in [1.29, 1.82) is 0 Å². The number of aromatic nitrogens is 4. The fourth-order valence-corrected chi connectivity index (χ4v) is 2.08. The summed E-state index contributed by atoms with van der Waals surface area (Å²) in [5.41, 5.74) is 3.03. The minimum Gasteiger partial charge on any atom is -0.338 e. The normalized spacial score (nSPS) is 10.9. The number of carbonyl (C=O) groups is 1. The minimum atomic E-state index is 0.170. The molecule has 0 atom stereocenters. The second-order valence-corrected chi connectivity index (χ2v) is 4.62. The summed E-state index contributed by atoms with van der Waals surface area (Å²) >= 11 is 0. The molecule has 0 aliphatic rings. The Kier molecular flexibility index (Phi) is 3.32. The quantitative estimate of drug-likeness (QED) is 0.812. The lowest BCUT2D eigenvalue weighted by Crippen LogP contribution is -2.11. The van der Waals surface area contributed by atoms with Gasteiger partial charge in [0.25, 0.3) is 0 Å². The number of nitrogens with zero attached hydrogens (tertiary/aromatic N) is 4. The second kappa shape index (κ2) is 4.76. The molecule has 0 N–H and O–H groups in total. The standard InChI is InChI=1S/C13H18N4O/c1-9-12(10(2)17(4)15-9)7-11(18)8-13-14-5-6-16(13)3/h5-6H,7-8H2,1-4H3. The van der Waals surface area contributed by atoms with Gasteiger partial charge in [-0.1, -0.05) is 0 Å². The average Bonchev–Trinajstić information content (AvgIpc) is 2.79. The van der Waals surface area contributed by atoms with Gasteiger partial charge in [0.15, 0.2) is 0 Å². The molecule has 18 heavy (non-hydrogen) atoms. The summed E-state index contributed by atoms with van der Waals surface area (Å²) in [6.45, 7) is 3.93. The van der Waals surface area contributed by atoms with Gasteiger partial charge in [-0.15, -0.1) is 0 Å². The van der Waals surface area contributed by atoms with Crippen LogP contribution >= 0.6 is 0 Å². The zero-order chi connectivity index (χ0) is 13.3. The molecule has 2 aromatic rings. The Morgan fingerprint density at radius 1 is 1.28 bits per heavy atom. The smallest absolute Gasteiger partial charge is 0.144 e. The molecule has 0 aromatic carbocycles. The van der Waals surface area contributed by atoms with Crippen molar-refractivity contribution in [2.45, 2.75) is 26.7 Å². The van der Waals surface area contributed by atoms with Crippen molar-refractivity contribution in [3.8, 4) is 0 Å². The zero-order valence-corrected chi connectivity index (χ0v) is 11.3. The lowest BCUT2D eigenvalue weighted by atomic mass is 10.1. The Hall–Kier alpha value is -1.91. The third kappa shape index (κ3) is 2.34. The van der Waals surface area contributed by atoms with Gasteiger partial charge in [-0.05, 0) is 13.8 Å². The van der Waals surface area contributed by atoms with Crippen LogP contribution in [0.1, 0.15) is 22.8 Å². The topological polar surface area (TPSA) is 52.7 Å². The highest BCUT2D eigenvalue weighted by Crippen LogP contribution is 2.13. The molecule has 0 unspecified atom stereocenters. The molecule has 0 amide bonds. The fraction of sp³-hybridized carbons (Fsp3) is 0.462. The first-order chi connectivity index (χ1) is 8.49. The summed E-state index contributed by atoms with van der Waals surface area (Å²) in [6, 6.07) is 0. The Morgan fingerprint density at radius 3 is 2.50 bits per heavy atom. The van der Waals surface area contributed by atoms with E-state index in [1.165, 1.54) is 0 Å². The Labute approximate surface area is 106 Å². The molecule has 2 heterocycles. The van der Waals surface area contributed by atoms with Crippen LogP contribution in [0.4, 0.5) is 0 Å². The molecule has 0 fully saturated rings. The van der Waals surface area contributed by atoms with Crippen LogP contribution in [0.25, 0.3) is 0 Å². The van der Waals surface area contributed by atoms with E-state index in [2.05, 4.69) is 10.1 Å². The first-order valence-corrected chi connectivity index (χ1v) is 5.96. The van der Waals surface area contributed by atoms with E-state index < -0.39 is 0 Å². The number of ketones is 1. The molecule has 2 aromatic heterocycles. The van der Waals surface area contributed by atoms with Gasteiger partial charge in [-0.2, -0.15) is 5.10 Å². The molecule has 0 aliphatic heterocycles. The third-order valence-electron chi connectivity index (χ3n) is 3.31. The molecule has 0 spiro atoms. The minimum absolute atomic E-state index is 0.170. The van der Waals surface area contributed by atoms with E-state index in [0.29, 0.717) is 12.8 Å². The van der Waals surface area contributed by atoms with Gasteiger partial charge >= 0.3 is 0 Å². The van der Waals surface area contributed by atoms with Gasteiger partial charge < -0.3 is 4.57 Å². The van der Waals surface area contributed by atoms with Gasteiger partial charge in [0.2, 0.25) is 0 Å². The monoisotopic (exact) mass is 246 g/mol. The molecular formula is C13H18N4O. The number of aryl methyl sites for hydroxylation is 3. The van der Waals surface area contributed by atoms with Crippen molar-refractivity contribution in [3.05, 3.63) is 35.2 Å². The summed E-state index contributed by atoms with van der Waals surface area (Å²) in [7, 11) is 3.80. The van der Waals surface area contributed by atoms with Crippen LogP contribution in [0.2, 0.25) is 0 Å². The SMILES string of the molecule is Cc1nn(C)c(C)c1CC(=O)Cc1nccn1C. The van der Waals surface area contributed by atoms with Crippen LogP contribution in [-0.2, 0) is 31.7 Å². The molecule has 5 heteroatoms. The number of hydrogen-bond acceptors (Lipinski definition) is 3. The van der Waals surface area contributed by atoms with E-state index in [0.717, 1.165) is 22.8 Å². The fourth-order valence-electron chi connectivity index (χ4n) is 2.08. The first kappa shape index (κ1) is 12.5. The van der Waals surface area contributed by atoms with Crippen LogP contribution < -0.4 is 0 Å². The summed E-state index contributed by atoms with van der Waals surface area (Å²) in [6.07, 6.45) is 4.36. The Balaban J connectivity index is 2.10. The molecule has 0 saturated heterocycles. The van der Waals surface area contributed by atoms with Crippen LogP contribution in [0.15, 0.2) is 12.4 Å². The highest BCUT2D eigenvalue weighted by atomic mass is 16.1. The maximum absolute atomic E-state index is 12.1. The van der Waals surface area contributed by atoms with Gasteiger partial charge in [-0.3, -0.25) is 9.48 Å². The number of rotatable bonds is 4. The summed E-state index contributed by atoms with van der Waals surface area (Å²) in [5, 5.41) is 4.32. The lowest BCUT2D eigenvalue weighted by Gasteiger charge is -2.03. The largest absolute Gasteiger partial charge is 0.338 e. The molecule has 0 bridgehead atoms. The van der Waals surface area contributed by atoms with E-state index in [1.807, 2.05) is 43.4 Å². The molecule has 2 rings (SSSR count). The lowest BCUT2D eigenvalue weighted by molar-refractivity contribution is -0.117. The maximum atomic E-state index is 12.1. The number of hydrogen-bond donors (Lipinski definition) is 0. The Bertz CT molecular complexity index is 580. The molecule has 0 saturated carbocycles. The predicted molar refractivity (Wildman–Crippen MR) is 68.3 cm³/mol. The van der Waals surface area contributed by atoms with Crippen molar-refractivity contribution in [1.82, 2.24) is 19.3 Å². The van der Waals surface area contributed by atoms with Gasteiger partial charge in [0.1, 0.15) is 11.6 Å². The average molecular weight is 246 g/mol. The van der Waals surface area contributed by atoms with Crippen LogP contribution in [0, 0.1) is 13.8 Å². The van der Waals surface area contributed by atoms with E-state index in [9.17, 15) is 4.79 Å². The molecule has 5 nitrogen and oxygen atoms in total. The van der Waals surface area contributed by atoms with Crippen LogP contribution in [0.5, 0.6) is 0 Å². The number of Topliss-reactive ketones (excluding diaryl/α,β-unsaturated/α-hetero) is 1. The maximum Gasteiger partial charge on any atom is 0.144 e. The zero-order valence-electron chi connectivity index (χ0n) is 11.3. The number of carbonyl (C=O) groups excluding carboxylic acids is 1. The molecule has 96 valence electrons. The summed E-state index contributed by atoms with van der Waals surface area (Å²) in [5.74, 6) is 0.975. The number of imidazole rings is 1. The van der Waals surface area contributed by atoms with E-state index in [-0.39, 0.29) is 5.78 Å². The summed E-state index contributed by atoms with van der Waals surface area (Å²) in [4.78, 5) is 16.2. The van der Waals surface area contributed by atoms with Crippen LogP contribution in [-0.4, -0.2) is 25.1 Å². The van der Waals surface area contributed by atoms with Crippen molar-refractivity contribution < 1.29 is 4.79 Å². The highest BCUT2D eigenvalue weighted by molar-refractivity contribution is 5.82. The predicted octanol–water partition coefficient (Wildman–Crippen LogP) is 1.12. The third-order valence-corrected chi connectivity index (χ3v) is 3.31. The van der Waals surface area contributed by atoms with Gasteiger partial charge in [0.05, 0.1) is 12.1 Å². The second-order valence-electron chi connectivity index (χ2n) is 4.62. The first-order valence-electron chi connectivity index (χ1n) is 5.96. The molecular weight excluding hydrogens is 228 g/mol. The van der Waals surface area contributed by atoms with Crippen molar-refractivity contribution in [2.75, 3.05) is 0 Å². The van der Waals surface area contributed by atoms with Crippen molar-refractivity contribution >= 4 is 5.78 Å². The van der Waals surface area contributed by atoms with E-state index in [4.69, 9.17) is 0 Å². The van der Waals surface area contributed by atoms with Gasteiger partial charge in [-0.25, -0.2) is 4.98 Å². The highest BCUT2D eigenvalue weighted by Gasteiger charge is 2.15. The summed E-state index contributed by atoms with van der Waals surface area (Å²) < 4.78 is 3.69. The molecule has 0 radical (unpaired) electrons. The van der Waals surface area contributed by atoms with Crippen molar-refractivity contribution in [2.24, 2.45) is 14.1 Å². The Morgan fingerprint density at radius 2 is 2.00 bits per heavy atom. The van der Waals surface area contributed by atoms with E-state index in [1.54, 1.807) is 6.20 Å². The van der Waals surface area contributed by atoms with Crippen LogP contribution in [0.3, 0.4) is 0 Å². The van der Waals surface area contributed by atoms with Crippen molar-refractivity contribution in [3.63, 3.8) is 0 Å². The van der Waals surface area contributed by atoms with E-state index >= 15 is 0 Å². The molecule has 0 aliphatic carbocycles.